The van der Waals surface area contributed by atoms with Gasteiger partial charge in [0.05, 0.1) is 14.2 Å². The molecule has 0 spiro atoms. The molecule has 0 aromatic heterocycles. The number of ether oxygens (including phenoxy) is 3. The van der Waals surface area contributed by atoms with E-state index in [0.29, 0.717) is 41.9 Å². The van der Waals surface area contributed by atoms with E-state index >= 15 is 0 Å². The number of amides is 1. The van der Waals surface area contributed by atoms with Crippen LogP contribution in [0.25, 0.3) is 0 Å². The Morgan fingerprint density at radius 2 is 1.83 bits per heavy atom. The molecule has 1 aliphatic heterocycles. The van der Waals surface area contributed by atoms with Gasteiger partial charge in [0.15, 0.2) is 11.5 Å². The predicted molar refractivity (Wildman–Crippen MR) is 115 cm³/mol. The van der Waals surface area contributed by atoms with Gasteiger partial charge in [0.1, 0.15) is 6.61 Å². The van der Waals surface area contributed by atoms with E-state index in [1.807, 2.05) is 30.3 Å². The largest absolute Gasteiger partial charge is 0.493 e. The standard InChI is InChI=1S/C22H28N2O4.ClH/c1-26-19-12-18(22(25)24-11-9-16-8-10-23-14-16)13-20(27-2)21(19)28-15-17-6-4-3-5-7-17;/h3-7,12-13,16,23H,8-11,14-15H2,1-2H3,(H,24,25);1H. The third-order valence-electron chi connectivity index (χ3n) is 4.95. The van der Waals surface area contributed by atoms with Gasteiger partial charge in [0, 0.05) is 12.1 Å². The maximum atomic E-state index is 12.6. The number of nitrogens with one attached hydrogen (secondary N) is 2. The molecule has 29 heavy (non-hydrogen) atoms. The zero-order chi connectivity index (χ0) is 19.8. The maximum Gasteiger partial charge on any atom is 0.251 e. The number of carbonyl (C=O) groups is 1. The molecule has 1 atom stereocenters. The Labute approximate surface area is 178 Å². The van der Waals surface area contributed by atoms with Gasteiger partial charge in [0.2, 0.25) is 5.75 Å². The molecule has 1 unspecified atom stereocenters. The Kier molecular flexibility index (Phi) is 9.09. The van der Waals surface area contributed by atoms with Crippen LogP contribution in [0.15, 0.2) is 42.5 Å². The van der Waals surface area contributed by atoms with E-state index in [9.17, 15) is 4.79 Å². The van der Waals surface area contributed by atoms with E-state index in [1.165, 1.54) is 6.42 Å². The summed E-state index contributed by atoms with van der Waals surface area (Å²) in [6.07, 6.45) is 2.15. The molecule has 158 valence electrons. The van der Waals surface area contributed by atoms with E-state index < -0.39 is 0 Å². The average Bonchev–Trinajstić information content (AvgIpc) is 3.25. The first-order chi connectivity index (χ1) is 13.7. The molecule has 2 aromatic rings. The Bertz CT molecular complexity index is 755. The summed E-state index contributed by atoms with van der Waals surface area (Å²) in [6.45, 7) is 3.14. The zero-order valence-electron chi connectivity index (χ0n) is 16.9. The lowest BCUT2D eigenvalue weighted by molar-refractivity contribution is 0.0950. The van der Waals surface area contributed by atoms with Crippen LogP contribution in [0.5, 0.6) is 17.2 Å². The monoisotopic (exact) mass is 420 g/mol. The molecule has 3 rings (SSSR count). The molecule has 1 amide bonds. The fraction of sp³-hybridized carbons (Fsp3) is 0.409. The summed E-state index contributed by atoms with van der Waals surface area (Å²) in [6, 6.07) is 13.2. The quantitative estimate of drug-likeness (QED) is 0.650. The van der Waals surface area contributed by atoms with Crippen LogP contribution in [-0.4, -0.2) is 39.8 Å². The van der Waals surface area contributed by atoms with E-state index in [2.05, 4.69) is 10.6 Å². The number of benzene rings is 2. The zero-order valence-corrected chi connectivity index (χ0v) is 17.7. The third kappa shape index (κ3) is 6.27. The van der Waals surface area contributed by atoms with Crippen molar-refractivity contribution < 1.29 is 19.0 Å². The third-order valence-corrected chi connectivity index (χ3v) is 4.95. The second kappa shape index (κ2) is 11.5. The number of rotatable bonds is 9. The van der Waals surface area contributed by atoms with Crippen LogP contribution in [0.2, 0.25) is 0 Å². The molecule has 1 heterocycles. The van der Waals surface area contributed by atoms with Crippen LogP contribution in [0.4, 0.5) is 0 Å². The molecule has 2 aromatic carbocycles. The molecule has 7 heteroatoms. The predicted octanol–water partition coefficient (Wildman–Crippen LogP) is 3.43. The van der Waals surface area contributed by atoms with Gasteiger partial charge in [0.25, 0.3) is 5.91 Å². The van der Waals surface area contributed by atoms with Crippen LogP contribution in [-0.2, 0) is 6.61 Å². The Hall–Kier alpha value is -2.44. The molecule has 0 saturated carbocycles. The van der Waals surface area contributed by atoms with Crippen molar-refractivity contribution in [3.63, 3.8) is 0 Å². The van der Waals surface area contributed by atoms with Crippen molar-refractivity contribution in [2.75, 3.05) is 33.9 Å². The van der Waals surface area contributed by atoms with E-state index in [-0.39, 0.29) is 18.3 Å². The van der Waals surface area contributed by atoms with Gasteiger partial charge in [-0.05, 0) is 49.5 Å². The summed E-state index contributed by atoms with van der Waals surface area (Å²) in [5.41, 5.74) is 1.53. The van der Waals surface area contributed by atoms with Crippen molar-refractivity contribution in [1.82, 2.24) is 10.6 Å². The molecule has 6 nitrogen and oxygen atoms in total. The van der Waals surface area contributed by atoms with Gasteiger partial charge in [-0.15, -0.1) is 12.4 Å². The highest BCUT2D eigenvalue weighted by Crippen LogP contribution is 2.39. The average molecular weight is 421 g/mol. The Balaban J connectivity index is 0.00000300. The normalized spacial score (nSPS) is 15.3. The van der Waals surface area contributed by atoms with Gasteiger partial charge >= 0.3 is 0 Å². The number of carbonyl (C=O) groups excluding carboxylic acids is 1. The van der Waals surface area contributed by atoms with E-state index in [4.69, 9.17) is 14.2 Å². The number of hydrogen-bond acceptors (Lipinski definition) is 5. The molecule has 1 saturated heterocycles. The molecule has 1 aliphatic rings. The van der Waals surface area contributed by atoms with Crippen LogP contribution in [0, 0.1) is 5.92 Å². The minimum absolute atomic E-state index is 0. The maximum absolute atomic E-state index is 12.6. The minimum atomic E-state index is -0.142. The van der Waals surface area contributed by atoms with Gasteiger partial charge in [-0.1, -0.05) is 30.3 Å². The van der Waals surface area contributed by atoms with Crippen LogP contribution < -0.4 is 24.8 Å². The van der Waals surface area contributed by atoms with Crippen molar-refractivity contribution in [3.05, 3.63) is 53.6 Å². The Morgan fingerprint density at radius 3 is 2.41 bits per heavy atom. The summed E-state index contributed by atoms with van der Waals surface area (Å²) < 4.78 is 16.9. The number of hydrogen-bond donors (Lipinski definition) is 2. The van der Waals surface area contributed by atoms with Gasteiger partial charge in [-0.3, -0.25) is 4.79 Å². The molecular weight excluding hydrogens is 392 g/mol. The number of halogens is 1. The lowest BCUT2D eigenvalue weighted by atomic mass is 10.1. The first-order valence-electron chi connectivity index (χ1n) is 9.63. The smallest absolute Gasteiger partial charge is 0.251 e. The lowest BCUT2D eigenvalue weighted by Gasteiger charge is -2.16. The topological polar surface area (TPSA) is 68.8 Å². The van der Waals surface area contributed by atoms with Crippen molar-refractivity contribution in [2.24, 2.45) is 5.92 Å². The van der Waals surface area contributed by atoms with Crippen molar-refractivity contribution in [2.45, 2.75) is 19.4 Å². The molecule has 2 N–H and O–H groups in total. The summed E-state index contributed by atoms with van der Waals surface area (Å²) in [4.78, 5) is 12.6. The summed E-state index contributed by atoms with van der Waals surface area (Å²) in [7, 11) is 3.11. The fourth-order valence-corrected chi connectivity index (χ4v) is 3.34. The van der Waals surface area contributed by atoms with Gasteiger partial charge in [-0.25, -0.2) is 0 Å². The second-order valence-electron chi connectivity index (χ2n) is 6.89. The Morgan fingerprint density at radius 1 is 1.14 bits per heavy atom. The van der Waals surface area contributed by atoms with Crippen molar-refractivity contribution in [3.8, 4) is 17.2 Å². The van der Waals surface area contributed by atoms with Crippen LogP contribution >= 0.6 is 12.4 Å². The highest BCUT2D eigenvalue weighted by atomic mass is 35.5. The van der Waals surface area contributed by atoms with Crippen molar-refractivity contribution >= 4 is 18.3 Å². The molecule has 0 bridgehead atoms. The molecule has 0 radical (unpaired) electrons. The van der Waals surface area contributed by atoms with Crippen molar-refractivity contribution in [1.29, 1.82) is 0 Å². The first kappa shape index (κ1) is 22.8. The molecular formula is C22H29ClN2O4. The van der Waals surface area contributed by atoms with Crippen LogP contribution in [0.3, 0.4) is 0 Å². The van der Waals surface area contributed by atoms with Gasteiger partial charge < -0.3 is 24.8 Å². The summed E-state index contributed by atoms with van der Waals surface area (Å²) in [5.74, 6) is 1.93. The van der Waals surface area contributed by atoms with Gasteiger partial charge in [-0.2, -0.15) is 0 Å². The summed E-state index contributed by atoms with van der Waals surface area (Å²) >= 11 is 0. The minimum Gasteiger partial charge on any atom is -0.493 e. The molecule has 0 aliphatic carbocycles. The lowest BCUT2D eigenvalue weighted by Crippen LogP contribution is -2.26. The molecule has 1 fully saturated rings. The first-order valence-corrected chi connectivity index (χ1v) is 9.63. The second-order valence-corrected chi connectivity index (χ2v) is 6.89. The van der Waals surface area contributed by atoms with E-state index in [0.717, 1.165) is 25.1 Å². The van der Waals surface area contributed by atoms with Crippen LogP contribution in [0.1, 0.15) is 28.8 Å². The number of methoxy groups -OCH3 is 2. The highest BCUT2D eigenvalue weighted by molar-refractivity contribution is 5.95. The van der Waals surface area contributed by atoms with E-state index in [1.54, 1.807) is 26.4 Å². The fourth-order valence-electron chi connectivity index (χ4n) is 3.34. The highest BCUT2D eigenvalue weighted by Gasteiger charge is 2.19. The summed E-state index contributed by atoms with van der Waals surface area (Å²) in [5, 5.41) is 6.33. The SMILES string of the molecule is COc1cc(C(=O)NCCC2CCNC2)cc(OC)c1OCc1ccccc1.Cl.